The van der Waals surface area contributed by atoms with Crippen LogP contribution in [0.1, 0.15) is 37.3 Å². The lowest BCUT2D eigenvalue weighted by atomic mass is 9.77. The summed E-state index contributed by atoms with van der Waals surface area (Å²) in [7, 11) is 1.81. The highest BCUT2D eigenvalue weighted by atomic mass is 16.5. The second-order valence-electron chi connectivity index (χ2n) is 8.23. The summed E-state index contributed by atoms with van der Waals surface area (Å²) in [6, 6.07) is 6.65. The lowest BCUT2D eigenvalue weighted by Crippen LogP contribution is -2.50. The van der Waals surface area contributed by atoms with Gasteiger partial charge in [0.05, 0.1) is 5.92 Å². The van der Waals surface area contributed by atoms with Gasteiger partial charge in [0.1, 0.15) is 0 Å². The molecule has 1 aromatic heterocycles. The third-order valence-electron chi connectivity index (χ3n) is 6.38. The van der Waals surface area contributed by atoms with E-state index in [0.29, 0.717) is 12.5 Å². The number of carbonyl (C=O) groups excluding carboxylic acids is 1. The first-order valence-electron chi connectivity index (χ1n) is 10.7. The highest BCUT2D eigenvalue weighted by molar-refractivity contribution is 5.98. The fourth-order valence-electron chi connectivity index (χ4n) is 4.71. The molecule has 0 unspecified atom stereocenters. The fourth-order valence-corrected chi connectivity index (χ4v) is 4.71. The molecule has 1 saturated heterocycles. The zero-order valence-electron chi connectivity index (χ0n) is 17.4. The molecule has 0 saturated carbocycles. The molecule has 6 nitrogen and oxygen atoms in total. The Kier molecular flexibility index (Phi) is 6.04. The molecule has 2 aromatic rings. The monoisotopic (exact) mass is 396 g/mol. The summed E-state index contributed by atoms with van der Waals surface area (Å²) in [5.41, 5.74) is 14.4. The molecule has 4 N–H and O–H groups in total. The van der Waals surface area contributed by atoms with Gasteiger partial charge in [-0.15, -0.1) is 0 Å². The quantitative estimate of drug-likeness (QED) is 0.656. The molecular formula is C23H32N4O2. The fraction of sp³-hybridized carbons (Fsp3) is 0.522. The third kappa shape index (κ3) is 3.97. The molecule has 2 heterocycles. The number of benzene rings is 1. The number of nitrogens with one attached hydrogen (secondary N) is 2. The van der Waals surface area contributed by atoms with Gasteiger partial charge in [-0.1, -0.05) is 25.1 Å². The van der Waals surface area contributed by atoms with Crippen LogP contribution in [0, 0.1) is 11.8 Å². The molecule has 29 heavy (non-hydrogen) atoms. The van der Waals surface area contributed by atoms with E-state index in [9.17, 15) is 4.79 Å². The molecule has 156 valence electrons. The van der Waals surface area contributed by atoms with Crippen LogP contribution in [0.15, 0.2) is 30.5 Å². The molecule has 6 heteroatoms. The Morgan fingerprint density at radius 2 is 2.21 bits per heavy atom. The molecule has 0 bridgehead atoms. The average molecular weight is 397 g/mol. The molecule has 0 radical (unpaired) electrons. The molecule has 1 aliphatic carbocycles. The Balaban J connectivity index is 1.60. The van der Waals surface area contributed by atoms with Gasteiger partial charge in [0, 0.05) is 49.9 Å². The van der Waals surface area contributed by atoms with Crippen LogP contribution in [0.25, 0.3) is 16.5 Å². The molecule has 2 atom stereocenters. The minimum atomic E-state index is -0.341. The zero-order valence-corrected chi connectivity index (χ0v) is 17.4. The number of nitrogens with zero attached hydrogens (tertiary/aromatic N) is 1. The van der Waals surface area contributed by atoms with Crippen molar-refractivity contribution in [3.05, 3.63) is 41.6 Å². The van der Waals surface area contributed by atoms with Crippen LogP contribution in [0.2, 0.25) is 0 Å². The van der Waals surface area contributed by atoms with Crippen LogP contribution >= 0.6 is 0 Å². The largest absolute Gasteiger partial charge is 0.381 e. The molecule has 4 rings (SSSR count). The summed E-state index contributed by atoms with van der Waals surface area (Å²) in [5, 5.41) is 2.93. The third-order valence-corrected chi connectivity index (χ3v) is 6.38. The summed E-state index contributed by atoms with van der Waals surface area (Å²) in [6.45, 7) is 4.00. The standard InChI is InChI=1S/C23H32N4O2/c1-3-15-11-17-14-25-21-6-4-5-19(22(17)21)20(15)12-16(13-24)23(28)27(2)26-18-7-9-29-10-8-18/h4-6,12,14-16,18,25-26H,3,7-11,13,24H2,1-2H3/b20-12+/t15-,16-/m1/s1. The number of aromatic amines is 1. The number of carbonyl (C=O) groups is 1. The number of H-pyrrole nitrogens is 1. The highest BCUT2D eigenvalue weighted by Gasteiger charge is 2.28. The van der Waals surface area contributed by atoms with Gasteiger partial charge < -0.3 is 15.5 Å². The Bertz CT molecular complexity index is 897. The van der Waals surface area contributed by atoms with Gasteiger partial charge in [0.15, 0.2) is 0 Å². The van der Waals surface area contributed by atoms with Crippen molar-refractivity contribution in [1.29, 1.82) is 0 Å². The van der Waals surface area contributed by atoms with Crippen LogP contribution in [-0.2, 0) is 16.0 Å². The van der Waals surface area contributed by atoms with E-state index in [4.69, 9.17) is 10.5 Å². The van der Waals surface area contributed by atoms with E-state index in [1.54, 1.807) is 5.01 Å². The summed E-state index contributed by atoms with van der Waals surface area (Å²) in [6.07, 6.45) is 8.13. The van der Waals surface area contributed by atoms with Gasteiger partial charge in [-0.2, -0.15) is 0 Å². The van der Waals surface area contributed by atoms with E-state index in [-0.39, 0.29) is 17.9 Å². The van der Waals surface area contributed by atoms with E-state index >= 15 is 0 Å². The Morgan fingerprint density at radius 3 is 2.93 bits per heavy atom. The van der Waals surface area contributed by atoms with Gasteiger partial charge >= 0.3 is 0 Å². The van der Waals surface area contributed by atoms with Gasteiger partial charge in [-0.25, -0.2) is 5.43 Å². The van der Waals surface area contributed by atoms with Gasteiger partial charge in [-0.05, 0) is 54.4 Å². The predicted octanol–water partition coefficient (Wildman–Crippen LogP) is 2.85. The van der Waals surface area contributed by atoms with Crippen LogP contribution in [-0.4, -0.2) is 48.7 Å². The number of ether oxygens (including phenoxy) is 1. The normalized spacial score (nSPS) is 22.2. The first kappa shape index (κ1) is 20.1. The second-order valence-corrected chi connectivity index (χ2v) is 8.23. The maximum Gasteiger partial charge on any atom is 0.244 e. The number of hydrogen-bond donors (Lipinski definition) is 3. The van der Waals surface area contributed by atoms with Crippen LogP contribution < -0.4 is 11.2 Å². The Labute approximate surface area is 172 Å². The molecule has 1 amide bonds. The van der Waals surface area contributed by atoms with Crippen molar-refractivity contribution in [3.63, 3.8) is 0 Å². The number of allylic oxidation sites excluding steroid dienone is 1. The lowest BCUT2D eigenvalue weighted by molar-refractivity contribution is -0.136. The molecule has 0 spiro atoms. The predicted molar refractivity (Wildman–Crippen MR) is 116 cm³/mol. The smallest absolute Gasteiger partial charge is 0.244 e. The Morgan fingerprint density at radius 1 is 1.41 bits per heavy atom. The second kappa shape index (κ2) is 8.69. The molecule has 1 fully saturated rings. The lowest BCUT2D eigenvalue weighted by Gasteiger charge is -2.31. The summed E-state index contributed by atoms with van der Waals surface area (Å²) < 4.78 is 5.41. The molecule has 1 aliphatic heterocycles. The van der Waals surface area contributed by atoms with Crippen molar-refractivity contribution in [1.82, 2.24) is 15.4 Å². The first-order chi connectivity index (χ1) is 14.1. The maximum atomic E-state index is 13.2. The van der Waals surface area contributed by atoms with Crippen LogP contribution in [0.5, 0.6) is 0 Å². The van der Waals surface area contributed by atoms with E-state index in [1.807, 2.05) is 7.05 Å². The van der Waals surface area contributed by atoms with Crippen molar-refractivity contribution in [2.45, 2.75) is 38.6 Å². The van der Waals surface area contributed by atoms with E-state index < -0.39 is 0 Å². The zero-order chi connectivity index (χ0) is 20.4. The SMILES string of the molecule is CC[C@@H]1Cc2c[nH]c3cccc(c23)/C1=C/[C@H](CN)C(=O)N(C)NC1CCOCC1. The van der Waals surface area contributed by atoms with E-state index in [1.165, 1.54) is 22.1 Å². The summed E-state index contributed by atoms with van der Waals surface area (Å²) in [4.78, 5) is 16.5. The number of hydrogen-bond acceptors (Lipinski definition) is 4. The van der Waals surface area contributed by atoms with E-state index in [2.05, 4.69) is 47.8 Å². The van der Waals surface area contributed by atoms with Crippen molar-refractivity contribution >= 4 is 22.4 Å². The number of aromatic nitrogens is 1. The van der Waals surface area contributed by atoms with Gasteiger partial charge in [0.2, 0.25) is 5.91 Å². The minimum absolute atomic E-state index is 0.0217. The van der Waals surface area contributed by atoms with Crippen molar-refractivity contribution in [3.8, 4) is 0 Å². The van der Waals surface area contributed by atoms with Gasteiger partial charge in [0.25, 0.3) is 0 Å². The van der Waals surface area contributed by atoms with Crippen LogP contribution in [0.4, 0.5) is 0 Å². The number of nitrogens with two attached hydrogens (primary N) is 1. The number of amides is 1. The van der Waals surface area contributed by atoms with Crippen LogP contribution in [0.3, 0.4) is 0 Å². The molecule has 1 aromatic carbocycles. The van der Waals surface area contributed by atoms with E-state index in [0.717, 1.165) is 44.4 Å². The average Bonchev–Trinajstić information content (AvgIpc) is 3.17. The minimum Gasteiger partial charge on any atom is -0.381 e. The maximum absolute atomic E-state index is 13.2. The molecule has 2 aliphatic rings. The van der Waals surface area contributed by atoms with Gasteiger partial charge in [-0.3, -0.25) is 9.80 Å². The topological polar surface area (TPSA) is 83.4 Å². The van der Waals surface area contributed by atoms with Crippen molar-refractivity contribution < 1.29 is 9.53 Å². The first-order valence-corrected chi connectivity index (χ1v) is 10.7. The number of hydrazine groups is 1. The van der Waals surface area contributed by atoms with Crippen molar-refractivity contribution in [2.24, 2.45) is 17.6 Å². The Hall–Kier alpha value is -2.15. The highest BCUT2D eigenvalue weighted by Crippen LogP contribution is 2.41. The number of rotatable bonds is 6. The molecular weight excluding hydrogens is 364 g/mol. The summed E-state index contributed by atoms with van der Waals surface area (Å²) in [5.74, 6) is 0.0834. The summed E-state index contributed by atoms with van der Waals surface area (Å²) >= 11 is 0. The van der Waals surface area contributed by atoms with Crippen molar-refractivity contribution in [2.75, 3.05) is 26.8 Å².